The molecule has 0 atom stereocenters. The smallest absolute Gasteiger partial charge is 0.185 e. The molecule has 0 fully saturated rings. The number of rotatable bonds is 4. The molecule has 6 heteroatoms. The number of carbonyl (C=O) groups excluding carboxylic acids is 1. The lowest BCUT2D eigenvalue weighted by atomic mass is 10.1. The van der Waals surface area contributed by atoms with Crippen LogP contribution in [0.15, 0.2) is 40.9 Å². The first-order valence-electron chi connectivity index (χ1n) is 6.16. The van der Waals surface area contributed by atoms with Gasteiger partial charge in [0, 0.05) is 10.0 Å². The van der Waals surface area contributed by atoms with Crippen molar-refractivity contribution in [1.29, 1.82) is 0 Å². The normalized spacial score (nSPS) is 10.9. The molecule has 0 radical (unpaired) electrons. The van der Waals surface area contributed by atoms with Crippen LogP contribution >= 0.6 is 15.9 Å². The Hall–Kier alpha value is -2.21. The van der Waals surface area contributed by atoms with Gasteiger partial charge in [-0.15, -0.1) is 0 Å². The average molecular weight is 369 g/mol. The highest BCUT2D eigenvalue weighted by atomic mass is 79.9. The molecule has 0 unspecified atom stereocenters. The van der Waals surface area contributed by atoms with E-state index in [2.05, 4.69) is 15.9 Å². The van der Waals surface area contributed by atoms with Gasteiger partial charge >= 0.3 is 0 Å². The maximum atomic E-state index is 13.1. The van der Waals surface area contributed by atoms with Crippen LogP contribution in [-0.4, -0.2) is 18.0 Å². The molecule has 2 aromatic rings. The minimum Gasteiger partial charge on any atom is -0.504 e. The number of aromatic hydroxyl groups is 1. The van der Waals surface area contributed by atoms with Crippen molar-refractivity contribution < 1.29 is 23.4 Å². The summed E-state index contributed by atoms with van der Waals surface area (Å²) in [6.45, 7) is 0. The van der Waals surface area contributed by atoms with E-state index in [0.717, 1.165) is 12.1 Å². The SMILES string of the molecule is COc1cc(C=CC(=O)c2ccc(F)c(F)c2)c(Br)cc1O. The summed E-state index contributed by atoms with van der Waals surface area (Å²) in [4.78, 5) is 11.9. The quantitative estimate of drug-likeness (QED) is 0.644. The maximum absolute atomic E-state index is 13.1. The molecule has 3 nitrogen and oxygen atoms in total. The van der Waals surface area contributed by atoms with Gasteiger partial charge in [-0.05, 0) is 48.0 Å². The molecule has 0 bridgehead atoms. The lowest BCUT2D eigenvalue weighted by molar-refractivity contribution is 0.104. The fraction of sp³-hybridized carbons (Fsp3) is 0.0625. The number of phenols is 1. The Morgan fingerprint density at radius 3 is 2.59 bits per heavy atom. The van der Waals surface area contributed by atoms with Crippen LogP contribution in [-0.2, 0) is 0 Å². The van der Waals surface area contributed by atoms with Crippen LogP contribution in [0.5, 0.6) is 11.5 Å². The second kappa shape index (κ2) is 6.70. The largest absolute Gasteiger partial charge is 0.504 e. The van der Waals surface area contributed by atoms with Crippen LogP contribution in [0.4, 0.5) is 8.78 Å². The highest BCUT2D eigenvalue weighted by molar-refractivity contribution is 9.10. The van der Waals surface area contributed by atoms with Crippen molar-refractivity contribution in [2.45, 2.75) is 0 Å². The Labute approximate surface area is 134 Å². The summed E-state index contributed by atoms with van der Waals surface area (Å²) in [6, 6.07) is 5.91. The second-order valence-electron chi connectivity index (χ2n) is 4.37. The van der Waals surface area contributed by atoms with E-state index in [9.17, 15) is 18.7 Å². The minimum atomic E-state index is -1.08. The lowest BCUT2D eigenvalue weighted by Gasteiger charge is -2.06. The third kappa shape index (κ3) is 3.51. The minimum absolute atomic E-state index is 0.0389. The van der Waals surface area contributed by atoms with Gasteiger partial charge < -0.3 is 9.84 Å². The summed E-state index contributed by atoms with van der Waals surface area (Å²) in [7, 11) is 1.41. The van der Waals surface area contributed by atoms with Gasteiger partial charge in [-0.25, -0.2) is 8.78 Å². The number of ether oxygens (including phenoxy) is 1. The van der Waals surface area contributed by atoms with Gasteiger partial charge in [-0.1, -0.05) is 15.9 Å². The number of halogens is 3. The Bertz CT molecular complexity index is 757. The Morgan fingerprint density at radius 1 is 1.23 bits per heavy atom. The number of allylic oxidation sites excluding steroid dienone is 1. The molecule has 0 aliphatic carbocycles. The molecular weight excluding hydrogens is 358 g/mol. The van der Waals surface area contributed by atoms with Gasteiger partial charge in [0.05, 0.1) is 7.11 Å². The Balaban J connectivity index is 2.28. The first kappa shape index (κ1) is 16.2. The van der Waals surface area contributed by atoms with Crippen molar-refractivity contribution in [3.63, 3.8) is 0 Å². The number of benzene rings is 2. The van der Waals surface area contributed by atoms with Crippen molar-refractivity contribution >= 4 is 27.8 Å². The molecule has 0 saturated heterocycles. The zero-order chi connectivity index (χ0) is 16.3. The van der Waals surface area contributed by atoms with E-state index in [4.69, 9.17) is 4.74 Å². The van der Waals surface area contributed by atoms with Crippen LogP contribution < -0.4 is 4.74 Å². The molecular formula is C16H11BrF2O3. The monoisotopic (exact) mass is 368 g/mol. The number of hydrogen-bond donors (Lipinski definition) is 1. The molecule has 0 spiro atoms. The number of methoxy groups -OCH3 is 1. The molecule has 114 valence electrons. The van der Waals surface area contributed by atoms with E-state index in [1.54, 1.807) is 0 Å². The fourth-order valence-electron chi connectivity index (χ4n) is 1.76. The first-order valence-corrected chi connectivity index (χ1v) is 6.95. The molecule has 0 heterocycles. The van der Waals surface area contributed by atoms with Crippen LogP contribution in [0, 0.1) is 11.6 Å². The molecule has 0 saturated carbocycles. The number of ketones is 1. The molecule has 0 aliphatic heterocycles. The van der Waals surface area contributed by atoms with Crippen molar-refractivity contribution in [3.05, 3.63) is 63.6 Å². The highest BCUT2D eigenvalue weighted by Gasteiger charge is 2.09. The molecule has 0 aromatic heterocycles. The predicted molar refractivity (Wildman–Crippen MR) is 82.1 cm³/mol. The summed E-state index contributed by atoms with van der Waals surface area (Å²) >= 11 is 3.25. The zero-order valence-corrected chi connectivity index (χ0v) is 13.0. The molecule has 0 aliphatic rings. The zero-order valence-electron chi connectivity index (χ0n) is 11.4. The Morgan fingerprint density at radius 2 is 1.95 bits per heavy atom. The van der Waals surface area contributed by atoms with Gasteiger partial charge in [-0.2, -0.15) is 0 Å². The van der Waals surface area contributed by atoms with Crippen LogP contribution in [0.3, 0.4) is 0 Å². The standard InChI is InChI=1S/C16H11BrF2O3/c1-22-16-7-9(11(17)8-15(16)21)3-5-14(20)10-2-4-12(18)13(19)6-10/h2-8,21H,1H3. The highest BCUT2D eigenvalue weighted by Crippen LogP contribution is 2.33. The number of phenolic OH excluding ortho intramolecular Hbond substituents is 1. The van der Waals surface area contributed by atoms with Gasteiger partial charge in [0.1, 0.15) is 0 Å². The van der Waals surface area contributed by atoms with Crippen molar-refractivity contribution in [2.24, 2.45) is 0 Å². The second-order valence-corrected chi connectivity index (χ2v) is 5.23. The van der Waals surface area contributed by atoms with E-state index in [-0.39, 0.29) is 17.1 Å². The fourth-order valence-corrected chi connectivity index (χ4v) is 2.22. The van der Waals surface area contributed by atoms with Crippen molar-refractivity contribution in [2.75, 3.05) is 7.11 Å². The summed E-state index contributed by atoms with van der Waals surface area (Å²) in [5, 5.41) is 9.60. The first-order chi connectivity index (χ1) is 10.4. The summed E-state index contributed by atoms with van der Waals surface area (Å²) in [5.74, 6) is -2.35. The average Bonchev–Trinajstić information content (AvgIpc) is 2.49. The van der Waals surface area contributed by atoms with E-state index in [1.807, 2.05) is 0 Å². The molecule has 0 amide bonds. The van der Waals surface area contributed by atoms with Gasteiger partial charge in [0.2, 0.25) is 0 Å². The van der Waals surface area contributed by atoms with Crippen LogP contribution in [0.25, 0.3) is 6.08 Å². The molecule has 2 aromatic carbocycles. The Kier molecular flexibility index (Phi) is 4.92. The molecule has 1 N–H and O–H groups in total. The number of carbonyl (C=O) groups is 1. The van der Waals surface area contributed by atoms with Gasteiger partial charge in [0.25, 0.3) is 0 Å². The third-order valence-corrected chi connectivity index (χ3v) is 3.60. The molecule has 2 rings (SSSR count). The van der Waals surface area contributed by atoms with E-state index >= 15 is 0 Å². The van der Waals surface area contributed by atoms with Crippen LogP contribution in [0.1, 0.15) is 15.9 Å². The predicted octanol–water partition coefficient (Wildman–Crippen LogP) is 4.34. The number of hydrogen-bond acceptors (Lipinski definition) is 3. The topological polar surface area (TPSA) is 46.5 Å². The van der Waals surface area contributed by atoms with E-state index in [1.165, 1.54) is 37.5 Å². The summed E-state index contributed by atoms with van der Waals surface area (Å²) in [6.07, 6.45) is 2.71. The molecule has 22 heavy (non-hydrogen) atoms. The summed E-state index contributed by atoms with van der Waals surface area (Å²) < 4.78 is 31.5. The van der Waals surface area contributed by atoms with Crippen LogP contribution in [0.2, 0.25) is 0 Å². The van der Waals surface area contributed by atoms with Gasteiger partial charge in [0.15, 0.2) is 28.9 Å². The van der Waals surface area contributed by atoms with E-state index in [0.29, 0.717) is 10.0 Å². The van der Waals surface area contributed by atoms with Gasteiger partial charge in [-0.3, -0.25) is 4.79 Å². The third-order valence-electron chi connectivity index (χ3n) is 2.92. The van der Waals surface area contributed by atoms with E-state index < -0.39 is 17.4 Å². The maximum Gasteiger partial charge on any atom is 0.185 e. The van der Waals surface area contributed by atoms with Crippen molar-refractivity contribution in [3.8, 4) is 11.5 Å². The van der Waals surface area contributed by atoms with Crippen molar-refractivity contribution in [1.82, 2.24) is 0 Å². The lowest BCUT2D eigenvalue weighted by Crippen LogP contribution is -1.96. The summed E-state index contributed by atoms with van der Waals surface area (Å²) in [5.41, 5.74) is 0.627.